The van der Waals surface area contributed by atoms with Crippen molar-refractivity contribution in [1.29, 1.82) is 0 Å². The Balaban J connectivity index is 1.80. The van der Waals surface area contributed by atoms with Crippen molar-refractivity contribution < 1.29 is 4.79 Å². The molecule has 0 spiro atoms. The summed E-state index contributed by atoms with van der Waals surface area (Å²) in [5, 5.41) is 2.91. The van der Waals surface area contributed by atoms with Crippen LogP contribution in [0.5, 0.6) is 0 Å². The lowest BCUT2D eigenvalue weighted by molar-refractivity contribution is -0.116. The number of nitrogens with zero attached hydrogens (tertiary/aromatic N) is 1. The molecule has 2 rings (SSSR count). The number of likely N-dealkylation sites (tertiary alicyclic amines) is 1. The second-order valence-corrected chi connectivity index (χ2v) is 5.91. The Morgan fingerprint density at radius 2 is 2.30 bits per heavy atom. The van der Waals surface area contributed by atoms with Gasteiger partial charge in [0, 0.05) is 30.4 Å². The summed E-state index contributed by atoms with van der Waals surface area (Å²) >= 11 is 0. The van der Waals surface area contributed by atoms with Crippen molar-refractivity contribution in [2.75, 3.05) is 24.1 Å². The van der Waals surface area contributed by atoms with Gasteiger partial charge < -0.3 is 11.1 Å². The Hall–Kier alpha value is -1.55. The van der Waals surface area contributed by atoms with E-state index in [1.54, 1.807) is 6.07 Å². The second kappa shape index (κ2) is 6.75. The standard InChI is InChI=1S/C16H25N3O/c1-12(2)15-7-4-9-19(15)10-8-16(20)18-14-6-3-5-13(17)11-14/h3,5-6,11-12,15H,4,7-10,17H2,1-2H3,(H,18,20). The molecule has 1 amide bonds. The Morgan fingerprint density at radius 3 is 3.00 bits per heavy atom. The van der Waals surface area contributed by atoms with Crippen LogP contribution in [0.15, 0.2) is 24.3 Å². The SMILES string of the molecule is CC(C)C1CCCN1CCC(=O)Nc1cccc(N)c1. The fourth-order valence-corrected chi connectivity index (χ4v) is 2.97. The van der Waals surface area contributed by atoms with Gasteiger partial charge in [0.2, 0.25) is 5.91 Å². The molecule has 4 nitrogen and oxygen atoms in total. The maximum absolute atomic E-state index is 12.0. The van der Waals surface area contributed by atoms with E-state index in [0.29, 0.717) is 24.1 Å². The Bertz CT molecular complexity index is 459. The molecule has 110 valence electrons. The molecule has 0 saturated carbocycles. The van der Waals surface area contributed by atoms with Crippen LogP contribution in [0.1, 0.15) is 33.1 Å². The van der Waals surface area contributed by atoms with Crippen LogP contribution in [0, 0.1) is 5.92 Å². The summed E-state index contributed by atoms with van der Waals surface area (Å²) < 4.78 is 0. The van der Waals surface area contributed by atoms with Crippen molar-refractivity contribution in [3.63, 3.8) is 0 Å². The van der Waals surface area contributed by atoms with E-state index in [-0.39, 0.29) is 5.91 Å². The van der Waals surface area contributed by atoms with E-state index in [0.717, 1.165) is 18.8 Å². The maximum Gasteiger partial charge on any atom is 0.225 e. The molecule has 1 saturated heterocycles. The predicted octanol–water partition coefficient (Wildman–Crippen LogP) is 2.72. The fourth-order valence-electron chi connectivity index (χ4n) is 2.97. The van der Waals surface area contributed by atoms with Crippen LogP contribution in [-0.4, -0.2) is 29.9 Å². The van der Waals surface area contributed by atoms with E-state index in [1.165, 1.54) is 12.8 Å². The molecule has 0 radical (unpaired) electrons. The van der Waals surface area contributed by atoms with Crippen LogP contribution in [0.25, 0.3) is 0 Å². The lowest BCUT2D eigenvalue weighted by Crippen LogP contribution is -2.35. The zero-order chi connectivity index (χ0) is 14.5. The Kier molecular flexibility index (Phi) is 5.01. The molecular weight excluding hydrogens is 250 g/mol. The van der Waals surface area contributed by atoms with Crippen molar-refractivity contribution in [2.45, 2.75) is 39.2 Å². The topological polar surface area (TPSA) is 58.4 Å². The summed E-state index contributed by atoms with van der Waals surface area (Å²) in [5.41, 5.74) is 7.14. The highest BCUT2D eigenvalue weighted by Gasteiger charge is 2.26. The van der Waals surface area contributed by atoms with Crippen LogP contribution in [0.4, 0.5) is 11.4 Å². The van der Waals surface area contributed by atoms with Crippen molar-refractivity contribution in [2.24, 2.45) is 5.92 Å². The van der Waals surface area contributed by atoms with Crippen molar-refractivity contribution >= 4 is 17.3 Å². The number of carbonyl (C=O) groups excluding carboxylic acids is 1. The van der Waals surface area contributed by atoms with Gasteiger partial charge in [-0.05, 0) is 43.5 Å². The highest BCUT2D eigenvalue weighted by atomic mass is 16.1. The molecule has 1 fully saturated rings. The number of nitrogens with one attached hydrogen (secondary N) is 1. The number of hydrogen-bond acceptors (Lipinski definition) is 3. The molecule has 1 aliphatic rings. The minimum absolute atomic E-state index is 0.0602. The smallest absolute Gasteiger partial charge is 0.225 e. The molecule has 0 bridgehead atoms. The molecule has 1 unspecified atom stereocenters. The first-order valence-corrected chi connectivity index (χ1v) is 7.45. The first-order chi connectivity index (χ1) is 9.56. The molecule has 1 heterocycles. The van der Waals surface area contributed by atoms with E-state index in [1.807, 2.05) is 18.2 Å². The van der Waals surface area contributed by atoms with Gasteiger partial charge in [0.05, 0.1) is 0 Å². The normalized spacial score (nSPS) is 19.4. The van der Waals surface area contributed by atoms with Crippen molar-refractivity contribution in [3.8, 4) is 0 Å². The monoisotopic (exact) mass is 275 g/mol. The number of carbonyl (C=O) groups is 1. The fraction of sp³-hybridized carbons (Fsp3) is 0.562. The zero-order valence-electron chi connectivity index (χ0n) is 12.4. The molecular formula is C16H25N3O. The molecule has 0 aliphatic carbocycles. The Labute approximate surface area is 121 Å². The zero-order valence-corrected chi connectivity index (χ0v) is 12.4. The van der Waals surface area contributed by atoms with Gasteiger partial charge in [0.15, 0.2) is 0 Å². The second-order valence-electron chi connectivity index (χ2n) is 5.91. The van der Waals surface area contributed by atoms with Gasteiger partial charge in [-0.25, -0.2) is 0 Å². The van der Waals surface area contributed by atoms with Gasteiger partial charge in [-0.15, -0.1) is 0 Å². The van der Waals surface area contributed by atoms with Crippen LogP contribution in [0.2, 0.25) is 0 Å². The number of nitrogens with two attached hydrogens (primary N) is 1. The molecule has 1 aliphatic heterocycles. The highest BCUT2D eigenvalue weighted by Crippen LogP contribution is 2.23. The van der Waals surface area contributed by atoms with Gasteiger partial charge in [0.1, 0.15) is 0 Å². The van der Waals surface area contributed by atoms with E-state index in [9.17, 15) is 4.79 Å². The van der Waals surface area contributed by atoms with E-state index < -0.39 is 0 Å². The van der Waals surface area contributed by atoms with Crippen molar-refractivity contribution in [3.05, 3.63) is 24.3 Å². The molecule has 20 heavy (non-hydrogen) atoms. The number of amides is 1. The number of anilines is 2. The summed E-state index contributed by atoms with van der Waals surface area (Å²) in [6.07, 6.45) is 3.05. The molecule has 1 aromatic carbocycles. The number of benzene rings is 1. The predicted molar refractivity (Wildman–Crippen MR) is 83.5 cm³/mol. The average Bonchev–Trinajstić information content (AvgIpc) is 2.85. The Morgan fingerprint density at radius 1 is 1.50 bits per heavy atom. The third-order valence-corrected chi connectivity index (χ3v) is 3.98. The first kappa shape index (κ1) is 14.9. The van der Waals surface area contributed by atoms with Gasteiger partial charge in [-0.2, -0.15) is 0 Å². The first-order valence-electron chi connectivity index (χ1n) is 7.45. The minimum Gasteiger partial charge on any atom is -0.399 e. The lowest BCUT2D eigenvalue weighted by atomic mass is 10.0. The average molecular weight is 275 g/mol. The van der Waals surface area contributed by atoms with Crippen LogP contribution >= 0.6 is 0 Å². The number of rotatable bonds is 5. The number of nitrogen functional groups attached to an aromatic ring is 1. The van der Waals surface area contributed by atoms with E-state index in [2.05, 4.69) is 24.1 Å². The summed E-state index contributed by atoms with van der Waals surface area (Å²) in [4.78, 5) is 14.4. The summed E-state index contributed by atoms with van der Waals surface area (Å²) in [7, 11) is 0. The molecule has 4 heteroatoms. The third-order valence-electron chi connectivity index (χ3n) is 3.98. The largest absolute Gasteiger partial charge is 0.399 e. The van der Waals surface area contributed by atoms with Gasteiger partial charge >= 0.3 is 0 Å². The van der Waals surface area contributed by atoms with Gasteiger partial charge in [0.25, 0.3) is 0 Å². The maximum atomic E-state index is 12.0. The minimum atomic E-state index is 0.0602. The van der Waals surface area contributed by atoms with Crippen LogP contribution < -0.4 is 11.1 Å². The van der Waals surface area contributed by atoms with E-state index in [4.69, 9.17) is 5.73 Å². The molecule has 1 atom stereocenters. The lowest BCUT2D eigenvalue weighted by Gasteiger charge is -2.27. The van der Waals surface area contributed by atoms with Crippen LogP contribution in [0.3, 0.4) is 0 Å². The molecule has 0 aromatic heterocycles. The van der Waals surface area contributed by atoms with Crippen molar-refractivity contribution in [1.82, 2.24) is 4.90 Å². The van der Waals surface area contributed by atoms with Crippen LogP contribution in [-0.2, 0) is 4.79 Å². The molecule has 1 aromatic rings. The van der Waals surface area contributed by atoms with E-state index >= 15 is 0 Å². The summed E-state index contributed by atoms with van der Waals surface area (Å²) in [6.45, 7) is 6.48. The quantitative estimate of drug-likeness (QED) is 0.812. The number of hydrogen-bond donors (Lipinski definition) is 2. The summed E-state index contributed by atoms with van der Waals surface area (Å²) in [6, 6.07) is 7.94. The van der Waals surface area contributed by atoms with Gasteiger partial charge in [-0.1, -0.05) is 19.9 Å². The van der Waals surface area contributed by atoms with Gasteiger partial charge in [-0.3, -0.25) is 9.69 Å². The highest BCUT2D eigenvalue weighted by molar-refractivity contribution is 5.91. The molecule has 3 N–H and O–H groups in total. The third kappa shape index (κ3) is 3.97. The summed E-state index contributed by atoms with van der Waals surface area (Å²) in [5.74, 6) is 0.722.